The van der Waals surface area contributed by atoms with Gasteiger partial charge in [-0.05, 0) is 11.6 Å². The van der Waals surface area contributed by atoms with Crippen LogP contribution in [0.1, 0.15) is 39.8 Å². The SMILES string of the molecule is COc1oc(C)nc1C(=O)Nc1cc(C2(CF)Cn3ccnc3C(N)=N2)ccc1C(F)F. The molecule has 1 amide bonds. The number of halogens is 3. The number of nitrogens with zero attached hydrogens (tertiary/aromatic N) is 4. The molecule has 0 aliphatic carbocycles. The molecule has 3 N–H and O–H groups in total. The zero-order valence-electron chi connectivity index (χ0n) is 17.1. The minimum Gasteiger partial charge on any atom is -0.467 e. The molecule has 2 aromatic heterocycles. The molecule has 3 heterocycles. The molecule has 1 unspecified atom stereocenters. The number of amidine groups is 1. The molecular weight excluding hydrogens is 429 g/mol. The normalized spacial score (nSPS) is 17.8. The Morgan fingerprint density at radius 3 is 2.91 bits per heavy atom. The van der Waals surface area contributed by atoms with Crippen molar-refractivity contribution in [2.45, 2.75) is 25.4 Å². The van der Waals surface area contributed by atoms with Crippen LogP contribution in [0.3, 0.4) is 0 Å². The molecule has 32 heavy (non-hydrogen) atoms. The lowest BCUT2D eigenvalue weighted by Gasteiger charge is -2.32. The van der Waals surface area contributed by atoms with Crippen molar-refractivity contribution in [2.24, 2.45) is 10.7 Å². The van der Waals surface area contributed by atoms with Gasteiger partial charge in [0.1, 0.15) is 12.2 Å². The van der Waals surface area contributed by atoms with E-state index in [1.807, 2.05) is 0 Å². The molecule has 4 rings (SSSR count). The molecule has 3 aromatic rings. The smallest absolute Gasteiger partial charge is 0.318 e. The van der Waals surface area contributed by atoms with Gasteiger partial charge in [-0.1, -0.05) is 12.1 Å². The summed E-state index contributed by atoms with van der Waals surface area (Å²) in [6, 6.07) is 3.72. The number of carbonyl (C=O) groups is 1. The van der Waals surface area contributed by atoms with Gasteiger partial charge in [0.15, 0.2) is 17.6 Å². The number of oxazole rings is 1. The third kappa shape index (κ3) is 3.57. The average Bonchev–Trinajstić information content (AvgIpc) is 3.39. The van der Waals surface area contributed by atoms with Gasteiger partial charge in [-0.3, -0.25) is 4.79 Å². The summed E-state index contributed by atoms with van der Waals surface area (Å²) in [5.41, 5.74) is 3.87. The fraction of sp³-hybridized carbons (Fsp3) is 0.300. The number of benzene rings is 1. The highest BCUT2D eigenvalue weighted by Crippen LogP contribution is 2.37. The van der Waals surface area contributed by atoms with E-state index in [1.165, 1.54) is 32.4 Å². The largest absolute Gasteiger partial charge is 0.467 e. The third-order valence-electron chi connectivity index (χ3n) is 5.11. The molecule has 1 aliphatic heterocycles. The Kier molecular flexibility index (Phi) is 5.36. The van der Waals surface area contributed by atoms with Gasteiger partial charge >= 0.3 is 5.95 Å². The quantitative estimate of drug-likeness (QED) is 0.598. The van der Waals surface area contributed by atoms with Crippen molar-refractivity contribution >= 4 is 17.4 Å². The number of rotatable bonds is 6. The number of aryl methyl sites for hydroxylation is 1. The van der Waals surface area contributed by atoms with E-state index in [2.05, 4.69) is 20.3 Å². The standard InChI is InChI=1S/C20H19F3N6O3/c1-10-26-14(19(31-2)32-10)18(30)27-13-7-11(3-4-12(13)15(22)23)20(8-21)9-29-6-5-25-17(29)16(24)28-20/h3-7,15H,8-9H2,1-2H3,(H2,24,28)(H,27,30). The Balaban J connectivity index is 1.75. The van der Waals surface area contributed by atoms with Gasteiger partial charge in [-0.25, -0.2) is 28.1 Å². The van der Waals surface area contributed by atoms with Gasteiger partial charge in [0.25, 0.3) is 12.3 Å². The fourth-order valence-corrected chi connectivity index (χ4v) is 3.59. The molecule has 0 saturated heterocycles. The summed E-state index contributed by atoms with van der Waals surface area (Å²) in [6.45, 7) is 0.603. The molecule has 9 nitrogen and oxygen atoms in total. The number of nitrogens with two attached hydrogens (primary N) is 1. The zero-order chi connectivity index (χ0) is 23.0. The van der Waals surface area contributed by atoms with Crippen LogP contribution in [-0.4, -0.2) is 40.1 Å². The number of hydrogen-bond acceptors (Lipinski definition) is 7. The first-order valence-corrected chi connectivity index (χ1v) is 9.46. The molecule has 1 atom stereocenters. The summed E-state index contributed by atoms with van der Waals surface area (Å²) in [6.07, 6.45) is 0.225. The Morgan fingerprint density at radius 2 is 2.22 bits per heavy atom. The van der Waals surface area contributed by atoms with E-state index in [4.69, 9.17) is 14.9 Å². The maximum absolute atomic E-state index is 14.3. The average molecular weight is 448 g/mol. The van der Waals surface area contributed by atoms with E-state index in [9.17, 15) is 18.0 Å². The number of aromatic nitrogens is 3. The zero-order valence-corrected chi connectivity index (χ0v) is 17.1. The van der Waals surface area contributed by atoms with Crippen molar-refractivity contribution in [2.75, 3.05) is 19.1 Å². The van der Waals surface area contributed by atoms with E-state index < -0.39 is 30.1 Å². The number of nitrogens with one attached hydrogen (secondary N) is 1. The second-order valence-electron chi connectivity index (χ2n) is 7.17. The number of amides is 1. The van der Waals surface area contributed by atoms with Gasteiger partial charge in [-0.2, -0.15) is 0 Å². The second kappa shape index (κ2) is 8.02. The summed E-state index contributed by atoms with van der Waals surface area (Å²) in [5.74, 6) is -0.414. The minimum atomic E-state index is -2.90. The van der Waals surface area contributed by atoms with Crippen molar-refractivity contribution in [3.8, 4) is 5.95 Å². The van der Waals surface area contributed by atoms with Crippen LogP contribution in [-0.2, 0) is 12.1 Å². The fourth-order valence-electron chi connectivity index (χ4n) is 3.59. The number of fused-ring (bicyclic) bond motifs is 1. The van der Waals surface area contributed by atoms with E-state index >= 15 is 0 Å². The Bertz CT molecular complexity index is 1210. The van der Waals surface area contributed by atoms with E-state index in [1.54, 1.807) is 10.8 Å². The van der Waals surface area contributed by atoms with Gasteiger partial charge in [-0.15, -0.1) is 0 Å². The highest BCUT2D eigenvalue weighted by atomic mass is 19.3. The highest BCUT2D eigenvalue weighted by Gasteiger charge is 2.38. The van der Waals surface area contributed by atoms with Crippen LogP contribution >= 0.6 is 0 Å². The summed E-state index contributed by atoms with van der Waals surface area (Å²) in [4.78, 5) is 25.0. The first-order chi connectivity index (χ1) is 15.3. The van der Waals surface area contributed by atoms with E-state index in [0.717, 1.165) is 6.07 Å². The lowest BCUT2D eigenvalue weighted by Crippen LogP contribution is -2.40. The van der Waals surface area contributed by atoms with Crippen LogP contribution in [0.4, 0.5) is 18.9 Å². The number of carbonyl (C=O) groups excluding carboxylic acids is 1. The van der Waals surface area contributed by atoms with Crippen LogP contribution < -0.4 is 15.8 Å². The maximum atomic E-state index is 14.3. The number of imidazole rings is 1. The molecule has 12 heteroatoms. The molecule has 0 radical (unpaired) electrons. The molecule has 0 fully saturated rings. The van der Waals surface area contributed by atoms with Gasteiger partial charge < -0.3 is 24.8 Å². The monoisotopic (exact) mass is 448 g/mol. The van der Waals surface area contributed by atoms with Gasteiger partial charge in [0.05, 0.1) is 19.3 Å². The van der Waals surface area contributed by atoms with Crippen molar-refractivity contribution < 1.29 is 27.1 Å². The first-order valence-electron chi connectivity index (χ1n) is 9.46. The highest BCUT2D eigenvalue weighted by molar-refractivity contribution is 6.04. The van der Waals surface area contributed by atoms with Crippen LogP contribution in [0.5, 0.6) is 5.95 Å². The number of hydrogen-bond donors (Lipinski definition) is 2. The Labute approximate surface area is 180 Å². The number of ether oxygens (including phenoxy) is 1. The van der Waals surface area contributed by atoms with E-state index in [0.29, 0.717) is 5.82 Å². The lowest BCUT2D eigenvalue weighted by atomic mass is 9.89. The van der Waals surface area contributed by atoms with Gasteiger partial charge in [0.2, 0.25) is 5.69 Å². The molecule has 168 valence electrons. The second-order valence-corrected chi connectivity index (χ2v) is 7.17. The number of methoxy groups -OCH3 is 1. The van der Waals surface area contributed by atoms with Crippen LogP contribution in [0.2, 0.25) is 0 Å². The van der Waals surface area contributed by atoms with E-state index in [-0.39, 0.29) is 41.2 Å². The maximum Gasteiger partial charge on any atom is 0.318 e. The van der Waals surface area contributed by atoms with Crippen LogP contribution in [0.25, 0.3) is 0 Å². The molecule has 0 bridgehead atoms. The molecule has 0 saturated carbocycles. The molecule has 1 aliphatic rings. The first kappa shape index (κ1) is 21.4. The third-order valence-corrected chi connectivity index (χ3v) is 5.11. The molecule has 1 aromatic carbocycles. The predicted octanol–water partition coefficient (Wildman–Crippen LogP) is 2.96. The number of aliphatic imine (C=N–C) groups is 1. The Hall–Kier alpha value is -3.83. The summed E-state index contributed by atoms with van der Waals surface area (Å²) >= 11 is 0. The molecular formula is C20H19F3N6O3. The summed E-state index contributed by atoms with van der Waals surface area (Å²) in [5, 5.41) is 2.40. The van der Waals surface area contributed by atoms with Crippen molar-refractivity contribution in [1.29, 1.82) is 0 Å². The van der Waals surface area contributed by atoms with Crippen molar-refractivity contribution in [1.82, 2.24) is 14.5 Å². The Morgan fingerprint density at radius 1 is 1.44 bits per heavy atom. The van der Waals surface area contributed by atoms with Crippen LogP contribution in [0, 0.1) is 6.92 Å². The predicted molar refractivity (Wildman–Crippen MR) is 108 cm³/mol. The summed E-state index contributed by atoms with van der Waals surface area (Å²) in [7, 11) is 1.28. The number of alkyl halides is 3. The van der Waals surface area contributed by atoms with Crippen molar-refractivity contribution in [3.05, 3.63) is 59.1 Å². The topological polar surface area (TPSA) is 121 Å². The minimum absolute atomic E-state index is 0.0187. The van der Waals surface area contributed by atoms with Crippen LogP contribution in [0.15, 0.2) is 40.0 Å². The number of anilines is 1. The lowest BCUT2D eigenvalue weighted by molar-refractivity contribution is 0.101. The molecule has 0 spiro atoms. The summed E-state index contributed by atoms with van der Waals surface area (Å²) < 4.78 is 53.4. The van der Waals surface area contributed by atoms with Gasteiger partial charge in [0, 0.05) is 24.9 Å². The van der Waals surface area contributed by atoms with Crippen molar-refractivity contribution in [3.63, 3.8) is 0 Å².